The molecule has 1 amide bonds. The smallest absolute Gasteiger partial charge is 0.277 e. The fourth-order valence-corrected chi connectivity index (χ4v) is 1.93. The Labute approximate surface area is 123 Å². The van der Waals surface area contributed by atoms with Gasteiger partial charge in [0.1, 0.15) is 0 Å². The number of aromatic amines is 1. The van der Waals surface area contributed by atoms with Gasteiger partial charge in [-0.1, -0.05) is 24.6 Å². The number of allylic oxidation sites excluding steroid dienone is 1. The molecule has 0 fully saturated rings. The predicted molar refractivity (Wildman–Crippen MR) is 84.2 cm³/mol. The molecular weight excluding hydrogens is 266 g/mol. The second kappa shape index (κ2) is 6.69. The maximum absolute atomic E-state index is 12.3. The van der Waals surface area contributed by atoms with Crippen LogP contribution in [0.5, 0.6) is 0 Å². The Hall–Kier alpha value is -2.63. The Morgan fingerprint density at radius 3 is 3.00 bits per heavy atom. The Balaban J connectivity index is 2.27. The number of H-pyrrole nitrogens is 1. The van der Waals surface area contributed by atoms with Crippen molar-refractivity contribution in [2.45, 2.75) is 20.3 Å². The van der Waals surface area contributed by atoms with Crippen LogP contribution < -0.4 is 10.7 Å². The average Bonchev–Trinajstić information content (AvgIpc) is 2.88. The zero-order valence-electron chi connectivity index (χ0n) is 12.4. The van der Waals surface area contributed by atoms with E-state index in [1.54, 1.807) is 13.1 Å². The fourth-order valence-electron chi connectivity index (χ4n) is 1.93. The number of hydrogen-bond acceptors (Lipinski definition) is 4. The van der Waals surface area contributed by atoms with Gasteiger partial charge in [0.05, 0.1) is 5.52 Å². The minimum Gasteiger partial charge on any atom is -0.311 e. The highest BCUT2D eigenvalue weighted by Crippen LogP contribution is 2.17. The molecule has 1 heterocycles. The number of hydrazone groups is 1. The number of hydrogen-bond donors (Lipinski definition) is 3. The molecule has 0 saturated heterocycles. The SMILES string of the molecule is CC/C=C\C(=N/NC)NC(=O)c1n[nH]c2ccc(C)cc12. The molecule has 6 nitrogen and oxygen atoms in total. The summed E-state index contributed by atoms with van der Waals surface area (Å²) in [5, 5.41) is 14.5. The van der Waals surface area contributed by atoms with E-state index in [2.05, 4.69) is 26.0 Å². The van der Waals surface area contributed by atoms with Crippen LogP contribution in [0.1, 0.15) is 29.4 Å². The number of rotatable bonds is 4. The standard InChI is InChI=1S/C15H19N5O/c1-4-5-6-13(19-16-3)17-15(21)14-11-9-10(2)7-8-12(11)18-20-14/h5-9,16H,4H2,1-3H3,(H,18,20)(H,17,19,21)/b6-5-. The molecule has 21 heavy (non-hydrogen) atoms. The molecule has 0 radical (unpaired) electrons. The lowest BCUT2D eigenvalue weighted by atomic mass is 10.1. The molecule has 6 heteroatoms. The minimum absolute atomic E-state index is 0.290. The monoisotopic (exact) mass is 285 g/mol. The third kappa shape index (κ3) is 3.47. The molecule has 0 spiro atoms. The van der Waals surface area contributed by atoms with Crippen LogP contribution >= 0.6 is 0 Å². The van der Waals surface area contributed by atoms with Crippen molar-refractivity contribution in [3.8, 4) is 0 Å². The molecule has 0 atom stereocenters. The van der Waals surface area contributed by atoms with Gasteiger partial charge >= 0.3 is 0 Å². The quantitative estimate of drug-likeness (QED) is 0.457. The largest absolute Gasteiger partial charge is 0.311 e. The van der Waals surface area contributed by atoms with Gasteiger partial charge in [0, 0.05) is 12.4 Å². The van der Waals surface area contributed by atoms with E-state index < -0.39 is 0 Å². The summed E-state index contributed by atoms with van der Waals surface area (Å²) in [6.07, 6.45) is 4.54. The summed E-state index contributed by atoms with van der Waals surface area (Å²) >= 11 is 0. The molecule has 2 aromatic rings. The van der Waals surface area contributed by atoms with E-state index in [1.807, 2.05) is 38.1 Å². The van der Waals surface area contributed by atoms with Crippen LogP contribution in [0.15, 0.2) is 35.5 Å². The molecule has 3 N–H and O–H groups in total. The zero-order valence-corrected chi connectivity index (χ0v) is 12.4. The van der Waals surface area contributed by atoms with Crippen molar-refractivity contribution in [1.82, 2.24) is 20.9 Å². The summed E-state index contributed by atoms with van der Waals surface area (Å²) in [6, 6.07) is 5.82. The molecule has 0 aliphatic heterocycles. The van der Waals surface area contributed by atoms with E-state index >= 15 is 0 Å². The highest BCUT2D eigenvalue weighted by molar-refractivity contribution is 6.14. The predicted octanol–water partition coefficient (Wildman–Crippen LogP) is 2.10. The van der Waals surface area contributed by atoms with Crippen molar-refractivity contribution in [2.24, 2.45) is 5.10 Å². The van der Waals surface area contributed by atoms with Gasteiger partial charge in [0.15, 0.2) is 11.5 Å². The second-order valence-corrected chi connectivity index (χ2v) is 4.61. The van der Waals surface area contributed by atoms with Crippen LogP contribution in [0.25, 0.3) is 10.9 Å². The van der Waals surface area contributed by atoms with Crippen LogP contribution in [-0.2, 0) is 0 Å². The van der Waals surface area contributed by atoms with Gasteiger partial charge < -0.3 is 10.7 Å². The first kappa shape index (κ1) is 14.8. The number of amides is 1. The summed E-state index contributed by atoms with van der Waals surface area (Å²) in [4.78, 5) is 12.3. The number of aromatic nitrogens is 2. The summed E-state index contributed by atoms with van der Waals surface area (Å²) in [6.45, 7) is 3.99. The molecule has 1 aromatic carbocycles. The third-order valence-corrected chi connectivity index (χ3v) is 2.92. The highest BCUT2D eigenvalue weighted by atomic mass is 16.2. The third-order valence-electron chi connectivity index (χ3n) is 2.92. The lowest BCUT2D eigenvalue weighted by Crippen LogP contribution is -2.30. The molecule has 0 aliphatic rings. The van der Waals surface area contributed by atoms with E-state index in [0.29, 0.717) is 11.5 Å². The fraction of sp³-hybridized carbons (Fsp3) is 0.267. The Bertz CT molecular complexity index is 699. The number of aryl methyl sites for hydroxylation is 1. The van der Waals surface area contributed by atoms with Gasteiger partial charge in [0.25, 0.3) is 5.91 Å². The number of carbonyl (C=O) groups is 1. The average molecular weight is 285 g/mol. The lowest BCUT2D eigenvalue weighted by Gasteiger charge is -2.03. The maximum atomic E-state index is 12.3. The van der Waals surface area contributed by atoms with Crippen LogP contribution in [0.3, 0.4) is 0 Å². The maximum Gasteiger partial charge on any atom is 0.277 e. The van der Waals surface area contributed by atoms with Gasteiger partial charge in [0.2, 0.25) is 0 Å². The summed E-state index contributed by atoms with van der Waals surface area (Å²) in [7, 11) is 1.68. The van der Waals surface area contributed by atoms with E-state index in [0.717, 1.165) is 22.9 Å². The molecule has 0 aliphatic carbocycles. The summed E-state index contributed by atoms with van der Waals surface area (Å²) in [5.74, 6) is 0.162. The van der Waals surface area contributed by atoms with E-state index in [1.165, 1.54) is 0 Å². The highest BCUT2D eigenvalue weighted by Gasteiger charge is 2.15. The minimum atomic E-state index is -0.290. The summed E-state index contributed by atoms with van der Waals surface area (Å²) in [5.41, 5.74) is 4.94. The zero-order chi connectivity index (χ0) is 15.2. The van der Waals surface area contributed by atoms with Gasteiger partial charge in [-0.2, -0.15) is 10.2 Å². The van der Waals surface area contributed by atoms with Crippen molar-refractivity contribution in [2.75, 3.05) is 7.05 Å². The first-order chi connectivity index (χ1) is 10.2. The Morgan fingerprint density at radius 1 is 1.48 bits per heavy atom. The lowest BCUT2D eigenvalue weighted by molar-refractivity contribution is 0.0974. The number of nitrogens with one attached hydrogen (secondary N) is 3. The molecule has 0 saturated carbocycles. The van der Waals surface area contributed by atoms with Crippen LogP contribution in [0.4, 0.5) is 0 Å². The Morgan fingerprint density at radius 2 is 2.29 bits per heavy atom. The molecule has 0 bridgehead atoms. The molecule has 1 aromatic heterocycles. The van der Waals surface area contributed by atoms with E-state index in [4.69, 9.17) is 0 Å². The normalized spacial score (nSPS) is 12.0. The van der Waals surface area contributed by atoms with Crippen LogP contribution in [0, 0.1) is 6.92 Å². The van der Waals surface area contributed by atoms with E-state index in [-0.39, 0.29) is 5.91 Å². The molecule has 110 valence electrons. The van der Waals surface area contributed by atoms with Crippen molar-refractivity contribution in [1.29, 1.82) is 0 Å². The van der Waals surface area contributed by atoms with Crippen molar-refractivity contribution < 1.29 is 4.79 Å². The van der Waals surface area contributed by atoms with E-state index in [9.17, 15) is 4.79 Å². The molecule has 0 unspecified atom stereocenters. The number of benzene rings is 1. The topological polar surface area (TPSA) is 82.2 Å². The first-order valence-corrected chi connectivity index (χ1v) is 6.82. The molecular formula is C15H19N5O. The van der Waals surface area contributed by atoms with Gasteiger partial charge in [-0.15, -0.1) is 0 Å². The van der Waals surface area contributed by atoms with Crippen molar-refractivity contribution in [3.63, 3.8) is 0 Å². The number of nitrogens with zero attached hydrogens (tertiary/aromatic N) is 2. The van der Waals surface area contributed by atoms with Gasteiger partial charge in [-0.3, -0.25) is 9.89 Å². The van der Waals surface area contributed by atoms with Gasteiger partial charge in [-0.25, -0.2) is 0 Å². The Kier molecular flexibility index (Phi) is 4.71. The first-order valence-electron chi connectivity index (χ1n) is 6.82. The van der Waals surface area contributed by atoms with Crippen LogP contribution in [-0.4, -0.2) is 29.0 Å². The second-order valence-electron chi connectivity index (χ2n) is 4.61. The van der Waals surface area contributed by atoms with Crippen LogP contribution in [0.2, 0.25) is 0 Å². The van der Waals surface area contributed by atoms with Crippen molar-refractivity contribution in [3.05, 3.63) is 41.6 Å². The number of fused-ring (bicyclic) bond motifs is 1. The van der Waals surface area contributed by atoms with Gasteiger partial charge in [-0.05, 0) is 31.6 Å². The van der Waals surface area contributed by atoms with Crippen molar-refractivity contribution >= 4 is 22.6 Å². The number of amidine groups is 1. The molecule has 2 rings (SSSR count). The number of carbonyl (C=O) groups excluding carboxylic acids is 1. The summed E-state index contributed by atoms with van der Waals surface area (Å²) < 4.78 is 0.